The Morgan fingerprint density at radius 2 is 1.63 bits per heavy atom. The molecule has 3 rings (SSSR count). The molecule has 3 amide bonds. The van der Waals surface area contributed by atoms with Gasteiger partial charge in [0.15, 0.2) is 0 Å². The van der Waals surface area contributed by atoms with Crippen LogP contribution in [0.15, 0.2) is 75.2 Å². The van der Waals surface area contributed by atoms with Crippen molar-refractivity contribution in [1.82, 2.24) is 10.3 Å². The van der Waals surface area contributed by atoms with Crippen LogP contribution in [0, 0.1) is 0 Å². The number of anilines is 1. The Kier molecular flexibility index (Phi) is 7.31. The van der Waals surface area contributed by atoms with E-state index >= 15 is 0 Å². The maximum absolute atomic E-state index is 12.5. The molecule has 0 spiro atoms. The first-order chi connectivity index (χ1) is 14.5. The van der Waals surface area contributed by atoms with Crippen LogP contribution in [0.5, 0.6) is 11.5 Å². The van der Waals surface area contributed by atoms with E-state index in [4.69, 9.17) is 9.47 Å². The molecule has 0 bridgehead atoms. The maximum Gasteiger partial charge on any atom is 0.326 e. The lowest BCUT2D eigenvalue weighted by molar-refractivity contribution is 0.0961. The first-order valence-corrected chi connectivity index (χ1v) is 10.3. The molecule has 0 atom stereocenters. The number of nitrogens with one attached hydrogen (secondary N) is 2. The summed E-state index contributed by atoms with van der Waals surface area (Å²) in [5.41, 5.74) is 0.587. The van der Waals surface area contributed by atoms with Crippen LogP contribution in [-0.2, 0) is 0 Å². The molecule has 1 heterocycles. The predicted octanol–water partition coefficient (Wildman–Crippen LogP) is 4.97. The van der Waals surface area contributed by atoms with E-state index in [0.29, 0.717) is 17.2 Å². The van der Waals surface area contributed by atoms with Crippen LogP contribution in [-0.4, -0.2) is 31.1 Å². The number of carbonyl (C=O) groups is 2. The summed E-state index contributed by atoms with van der Waals surface area (Å²) >= 11 is 4.90. The van der Waals surface area contributed by atoms with Crippen LogP contribution in [0.1, 0.15) is 10.4 Å². The van der Waals surface area contributed by atoms with Crippen molar-refractivity contribution in [2.24, 2.45) is 0 Å². The summed E-state index contributed by atoms with van der Waals surface area (Å²) in [5, 5.41) is 5.63. The second-order valence-electron chi connectivity index (χ2n) is 5.89. The van der Waals surface area contributed by atoms with Gasteiger partial charge >= 0.3 is 6.03 Å². The molecule has 2 N–H and O–H groups in total. The zero-order valence-electron chi connectivity index (χ0n) is 16.1. The second-order valence-corrected chi connectivity index (χ2v) is 7.90. The van der Waals surface area contributed by atoms with Gasteiger partial charge in [-0.3, -0.25) is 10.1 Å². The van der Waals surface area contributed by atoms with Gasteiger partial charge in [-0.15, -0.1) is 0 Å². The van der Waals surface area contributed by atoms with Gasteiger partial charge in [0.05, 0.1) is 26.1 Å². The van der Waals surface area contributed by atoms with E-state index < -0.39 is 11.9 Å². The number of imide groups is 1. The number of amides is 3. The van der Waals surface area contributed by atoms with Gasteiger partial charge in [0.1, 0.15) is 22.1 Å². The lowest BCUT2D eigenvalue weighted by Crippen LogP contribution is -2.34. The van der Waals surface area contributed by atoms with Crippen molar-refractivity contribution in [2.75, 3.05) is 19.5 Å². The zero-order chi connectivity index (χ0) is 21.5. The summed E-state index contributed by atoms with van der Waals surface area (Å²) in [6.45, 7) is 0. The van der Waals surface area contributed by atoms with Crippen molar-refractivity contribution in [2.45, 2.75) is 9.92 Å². The molecule has 0 aliphatic heterocycles. The number of urea groups is 1. The number of carbonyl (C=O) groups excluding carboxylic acids is 2. The third kappa shape index (κ3) is 5.52. The van der Waals surface area contributed by atoms with Crippen molar-refractivity contribution in [1.29, 1.82) is 0 Å². The van der Waals surface area contributed by atoms with Crippen molar-refractivity contribution < 1.29 is 19.1 Å². The van der Waals surface area contributed by atoms with Gasteiger partial charge in [-0.05, 0) is 48.5 Å². The highest BCUT2D eigenvalue weighted by Crippen LogP contribution is 2.29. The monoisotopic (exact) mass is 487 g/mol. The number of rotatable bonds is 6. The highest BCUT2D eigenvalue weighted by molar-refractivity contribution is 9.10. The number of pyridine rings is 1. The van der Waals surface area contributed by atoms with E-state index in [0.717, 1.165) is 14.4 Å². The summed E-state index contributed by atoms with van der Waals surface area (Å²) in [6, 6.07) is 15.6. The molecule has 0 aliphatic carbocycles. The Balaban J connectivity index is 1.62. The van der Waals surface area contributed by atoms with E-state index in [2.05, 4.69) is 31.5 Å². The van der Waals surface area contributed by atoms with Crippen LogP contribution < -0.4 is 20.1 Å². The SMILES string of the molecule is COc1cccc(OC)c1C(=O)NC(=O)Nc1ccc(Sc2ccc(Br)cc2)nc1. The maximum atomic E-state index is 12.5. The normalized spacial score (nSPS) is 10.2. The number of benzene rings is 2. The highest BCUT2D eigenvalue weighted by Gasteiger charge is 2.20. The number of hydrogen-bond acceptors (Lipinski definition) is 6. The summed E-state index contributed by atoms with van der Waals surface area (Å²) in [7, 11) is 2.87. The smallest absolute Gasteiger partial charge is 0.326 e. The average molecular weight is 488 g/mol. The largest absolute Gasteiger partial charge is 0.496 e. The van der Waals surface area contributed by atoms with Crippen LogP contribution >= 0.6 is 27.7 Å². The summed E-state index contributed by atoms with van der Waals surface area (Å²) in [6.07, 6.45) is 1.52. The number of methoxy groups -OCH3 is 2. The molecule has 2 aromatic carbocycles. The van der Waals surface area contributed by atoms with Crippen molar-refractivity contribution in [3.8, 4) is 11.5 Å². The van der Waals surface area contributed by atoms with Gasteiger partial charge in [-0.2, -0.15) is 0 Å². The van der Waals surface area contributed by atoms with Gasteiger partial charge in [0, 0.05) is 9.37 Å². The van der Waals surface area contributed by atoms with E-state index in [1.54, 1.807) is 30.3 Å². The van der Waals surface area contributed by atoms with Gasteiger partial charge in [-0.1, -0.05) is 33.8 Å². The first kappa shape index (κ1) is 21.7. The Hall–Kier alpha value is -3.04. The lowest BCUT2D eigenvalue weighted by atomic mass is 10.1. The van der Waals surface area contributed by atoms with Crippen molar-refractivity contribution >= 4 is 45.3 Å². The molecule has 9 heteroatoms. The molecular formula is C21H18BrN3O4S. The van der Waals surface area contributed by atoms with Crippen molar-refractivity contribution in [3.63, 3.8) is 0 Å². The Morgan fingerprint density at radius 1 is 0.967 bits per heavy atom. The molecule has 0 fully saturated rings. The quantitative estimate of drug-likeness (QED) is 0.509. The van der Waals surface area contributed by atoms with Gasteiger partial charge in [-0.25, -0.2) is 9.78 Å². The average Bonchev–Trinajstić information content (AvgIpc) is 2.75. The van der Waals surface area contributed by atoms with Crippen molar-refractivity contribution in [3.05, 3.63) is 70.8 Å². The predicted molar refractivity (Wildman–Crippen MR) is 119 cm³/mol. The molecule has 3 aromatic rings. The van der Waals surface area contributed by atoms with Gasteiger partial charge in [0.25, 0.3) is 5.91 Å². The number of hydrogen-bond donors (Lipinski definition) is 2. The second kappa shape index (κ2) is 10.1. The number of ether oxygens (including phenoxy) is 2. The Morgan fingerprint density at radius 3 is 2.20 bits per heavy atom. The molecule has 7 nitrogen and oxygen atoms in total. The van der Waals surface area contributed by atoms with E-state index in [1.165, 1.54) is 32.2 Å². The zero-order valence-corrected chi connectivity index (χ0v) is 18.5. The molecule has 0 radical (unpaired) electrons. The molecule has 30 heavy (non-hydrogen) atoms. The van der Waals surface area contributed by atoms with Gasteiger partial charge in [0.2, 0.25) is 0 Å². The first-order valence-electron chi connectivity index (χ1n) is 8.73. The summed E-state index contributed by atoms with van der Waals surface area (Å²) in [5.74, 6) is -0.0385. The fourth-order valence-corrected chi connectivity index (χ4v) is 3.56. The van der Waals surface area contributed by atoms with Gasteiger partial charge < -0.3 is 14.8 Å². The number of halogens is 1. The van der Waals surface area contributed by atoms with Crippen LogP contribution in [0.3, 0.4) is 0 Å². The minimum Gasteiger partial charge on any atom is -0.496 e. The third-order valence-corrected chi connectivity index (χ3v) is 5.40. The third-order valence-electron chi connectivity index (χ3n) is 3.91. The topological polar surface area (TPSA) is 89.5 Å². The molecule has 0 saturated heterocycles. The molecule has 0 saturated carbocycles. The van der Waals surface area contributed by atoms with E-state index in [1.807, 2.05) is 24.3 Å². The minimum absolute atomic E-state index is 0.136. The number of nitrogens with zero attached hydrogens (tertiary/aromatic N) is 1. The summed E-state index contributed by atoms with van der Waals surface area (Å²) in [4.78, 5) is 30.1. The van der Waals surface area contributed by atoms with E-state index in [-0.39, 0.29) is 5.56 Å². The molecule has 0 unspecified atom stereocenters. The standard InChI is InChI=1S/C21H18BrN3O4S/c1-28-16-4-3-5-17(29-2)19(16)20(26)25-21(27)24-14-8-11-18(23-12-14)30-15-9-6-13(22)7-10-15/h3-12H,1-2H3,(H2,24,25,26,27). The fraction of sp³-hybridized carbons (Fsp3) is 0.0952. The minimum atomic E-state index is -0.692. The molecular weight excluding hydrogens is 470 g/mol. The van der Waals surface area contributed by atoms with E-state index in [9.17, 15) is 9.59 Å². The number of aromatic nitrogens is 1. The van der Waals surface area contributed by atoms with Crippen LogP contribution in [0.4, 0.5) is 10.5 Å². The van der Waals surface area contributed by atoms with Crippen LogP contribution in [0.25, 0.3) is 0 Å². The lowest BCUT2D eigenvalue weighted by Gasteiger charge is -2.13. The Bertz CT molecular complexity index is 1020. The highest BCUT2D eigenvalue weighted by atomic mass is 79.9. The fourth-order valence-electron chi connectivity index (χ4n) is 2.54. The Labute approximate surface area is 186 Å². The molecule has 154 valence electrons. The van der Waals surface area contributed by atoms with Crippen LogP contribution in [0.2, 0.25) is 0 Å². The summed E-state index contributed by atoms with van der Waals surface area (Å²) < 4.78 is 11.4. The molecule has 1 aromatic heterocycles. The molecule has 0 aliphatic rings.